The lowest BCUT2D eigenvalue weighted by molar-refractivity contribution is 0.457. The first kappa shape index (κ1) is 16.4. The summed E-state index contributed by atoms with van der Waals surface area (Å²) < 4.78 is 0. The minimum absolute atomic E-state index is 0.0933. The Kier molecular flexibility index (Phi) is 4.76. The van der Waals surface area contributed by atoms with Gasteiger partial charge < -0.3 is 15.0 Å². The first-order valence-electron chi connectivity index (χ1n) is 8.01. The molecular weight excluding hydrogens is 322 g/mol. The monoisotopic (exact) mass is 341 g/mol. The summed E-state index contributed by atoms with van der Waals surface area (Å²) in [5, 5.41) is 11.6. The maximum absolute atomic E-state index is 10.1. The highest BCUT2D eigenvalue weighted by Gasteiger charge is 2.09. The second-order valence-corrected chi connectivity index (χ2v) is 5.96. The summed E-state index contributed by atoms with van der Waals surface area (Å²) in [6, 6.07) is 13.5. The summed E-state index contributed by atoms with van der Waals surface area (Å²) in [5.74, 6) is 0.0933. The minimum atomic E-state index is 0.0933. The Morgan fingerprint density at radius 1 is 1.12 bits per heavy atom. The van der Waals surface area contributed by atoms with Crippen molar-refractivity contribution in [3.63, 3.8) is 0 Å². The van der Waals surface area contributed by atoms with Gasteiger partial charge in [0.15, 0.2) is 5.88 Å². The molecule has 0 atom stereocenters. The van der Waals surface area contributed by atoms with E-state index in [-0.39, 0.29) is 5.88 Å². The van der Waals surface area contributed by atoms with Crippen LogP contribution in [-0.4, -0.2) is 29.4 Å². The third-order valence-electron chi connectivity index (χ3n) is 4.10. The van der Waals surface area contributed by atoms with Crippen molar-refractivity contribution in [3.8, 4) is 5.88 Å². The topological polar surface area (TPSA) is 51.6 Å². The zero-order valence-electron chi connectivity index (χ0n) is 13.8. The molecule has 0 spiro atoms. The molecule has 0 radical (unpaired) electrons. The van der Waals surface area contributed by atoms with Crippen LogP contribution in [0.3, 0.4) is 0 Å². The Morgan fingerprint density at radius 3 is 2.50 bits per heavy atom. The number of nitrogens with zero attached hydrogens (tertiary/aromatic N) is 2. The van der Waals surface area contributed by atoms with Crippen LogP contribution in [0.25, 0.3) is 10.9 Å². The molecule has 5 heteroatoms. The van der Waals surface area contributed by atoms with E-state index >= 15 is 0 Å². The Balaban J connectivity index is 1.88. The van der Waals surface area contributed by atoms with E-state index in [1.165, 1.54) is 5.69 Å². The van der Waals surface area contributed by atoms with Crippen molar-refractivity contribution in [2.75, 3.05) is 18.0 Å². The zero-order chi connectivity index (χ0) is 17.1. The number of aromatic nitrogens is 1. The molecule has 1 aromatic heterocycles. The molecule has 0 bridgehead atoms. The number of halogens is 1. The van der Waals surface area contributed by atoms with Gasteiger partial charge >= 0.3 is 0 Å². The molecule has 0 saturated carbocycles. The lowest BCUT2D eigenvalue weighted by Gasteiger charge is -2.20. The van der Waals surface area contributed by atoms with Crippen molar-refractivity contribution in [2.24, 2.45) is 4.99 Å². The van der Waals surface area contributed by atoms with E-state index in [0.717, 1.165) is 29.7 Å². The van der Waals surface area contributed by atoms with Gasteiger partial charge in [0.2, 0.25) is 0 Å². The van der Waals surface area contributed by atoms with Gasteiger partial charge in [0.25, 0.3) is 0 Å². The van der Waals surface area contributed by atoms with Gasteiger partial charge in [-0.3, -0.25) is 4.99 Å². The van der Waals surface area contributed by atoms with Gasteiger partial charge in [-0.1, -0.05) is 11.6 Å². The van der Waals surface area contributed by atoms with Gasteiger partial charge in [0, 0.05) is 40.9 Å². The number of hydrogen-bond donors (Lipinski definition) is 2. The number of aromatic hydroxyl groups is 1. The Labute approximate surface area is 146 Å². The number of nitrogens with one attached hydrogen (secondary N) is 1. The molecule has 24 heavy (non-hydrogen) atoms. The highest BCUT2D eigenvalue weighted by atomic mass is 35.5. The second kappa shape index (κ2) is 6.97. The SMILES string of the molecule is CCN(CC)c1ccc(N=Cc2c(O)[nH]c3ccc(Cl)cc23)cc1. The van der Waals surface area contributed by atoms with Crippen LogP contribution in [0.1, 0.15) is 19.4 Å². The predicted molar refractivity (Wildman–Crippen MR) is 102 cm³/mol. The van der Waals surface area contributed by atoms with Crippen molar-refractivity contribution in [1.29, 1.82) is 0 Å². The summed E-state index contributed by atoms with van der Waals surface area (Å²) >= 11 is 6.05. The van der Waals surface area contributed by atoms with E-state index in [9.17, 15) is 5.11 Å². The quantitative estimate of drug-likeness (QED) is 0.632. The van der Waals surface area contributed by atoms with E-state index < -0.39 is 0 Å². The number of fused-ring (bicyclic) bond motifs is 1. The van der Waals surface area contributed by atoms with E-state index in [1.807, 2.05) is 24.3 Å². The molecule has 0 fully saturated rings. The Bertz CT molecular complexity index is 864. The second-order valence-electron chi connectivity index (χ2n) is 5.52. The van der Waals surface area contributed by atoms with Gasteiger partial charge in [0.1, 0.15) is 0 Å². The first-order chi connectivity index (χ1) is 11.6. The van der Waals surface area contributed by atoms with Crippen molar-refractivity contribution < 1.29 is 5.11 Å². The minimum Gasteiger partial charge on any atom is -0.494 e. The van der Waals surface area contributed by atoms with Crippen molar-refractivity contribution in [2.45, 2.75) is 13.8 Å². The number of hydrogen-bond acceptors (Lipinski definition) is 3. The number of aromatic amines is 1. The maximum atomic E-state index is 10.1. The largest absolute Gasteiger partial charge is 0.494 e. The van der Waals surface area contributed by atoms with Crippen LogP contribution < -0.4 is 4.90 Å². The molecule has 3 rings (SSSR count). The fourth-order valence-corrected chi connectivity index (χ4v) is 2.95. The predicted octanol–water partition coefficient (Wildman–Crippen LogP) is 5.12. The van der Waals surface area contributed by atoms with Crippen LogP contribution in [-0.2, 0) is 0 Å². The van der Waals surface area contributed by atoms with Crippen LogP contribution in [0.15, 0.2) is 47.5 Å². The molecule has 3 aromatic rings. The van der Waals surface area contributed by atoms with Crippen LogP contribution in [0.2, 0.25) is 5.02 Å². The van der Waals surface area contributed by atoms with Crippen LogP contribution in [0, 0.1) is 0 Å². The van der Waals surface area contributed by atoms with Gasteiger partial charge in [-0.05, 0) is 56.3 Å². The molecule has 0 aliphatic rings. The molecule has 124 valence electrons. The molecule has 0 saturated heterocycles. The van der Waals surface area contributed by atoms with Gasteiger partial charge in [-0.2, -0.15) is 0 Å². The summed E-state index contributed by atoms with van der Waals surface area (Å²) in [6.45, 7) is 6.23. The average Bonchev–Trinajstić information content (AvgIpc) is 2.90. The highest BCUT2D eigenvalue weighted by molar-refractivity contribution is 6.31. The van der Waals surface area contributed by atoms with Crippen molar-refractivity contribution >= 4 is 40.1 Å². The molecule has 0 aliphatic heterocycles. The summed E-state index contributed by atoms with van der Waals surface area (Å²) in [4.78, 5) is 9.68. The van der Waals surface area contributed by atoms with E-state index in [4.69, 9.17) is 11.6 Å². The Morgan fingerprint density at radius 2 is 1.83 bits per heavy atom. The average molecular weight is 342 g/mol. The summed E-state index contributed by atoms with van der Waals surface area (Å²) in [6.07, 6.45) is 1.66. The molecule has 0 aliphatic carbocycles. The van der Waals surface area contributed by atoms with Crippen molar-refractivity contribution in [1.82, 2.24) is 4.98 Å². The van der Waals surface area contributed by atoms with E-state index in [2.05, 4.69) is 40.9 Å². The summed E-state index contributed by atoms with van der Waals surface area (Å²) in [5.41, 5.74) is 3.48. The third kappa shape index (κ3) is 3.24. The van der Waals surface area contributed by atoms with Crippen LogP contribution in [0.5, 0.6) is 5.88 Å². The van der Waals surface area contributed by atoms with Crippen LogP contribution >= 0.6 is 11.6 Å². The van der Waals surface area contributed by atoms with E-state index in [0.29, 0.717) is 10.6 Å². The number of anilines is 1. The molecule has 1 heterocycles. The fraction of sp³-hybridized carbons (Fsp3) is 0.211. The molecule has 4 nitrogen and oxygen atoms in total. The lowest BCUT2D eigenvalue weighted by Crippen LogP contribution is -2.21. The number of aliphatic imine (C=N–C) groups is 1. The van der Waals surface area contributed by atoms with Crippen LogP contribution in [0.4, 0.5) is 11.4 Å². The van der Waals surface area contributed by atoms with E-state index in [1.54, 1.807) is 12.3 Å². The smallest absolute Gasteiger partial charge is 0.198 e. The maximum Gasteiger partial charge on any atom is 0.198 e. The first-order valence-corrected chi connectivity index (χ1v) is 8.39. The molecule has 0 amide bonds. The zero-order valence-corrected chi connectivity index (χ0v) is 14.5. The number of rotatable bonds is 5. The van der Waals surface area contributed by atoms with Gasteiger partial charge in [-0.15, -0.1) is 0 Å². The number of H-pyrrole nitrogens is 1. The fourth-order valence-electron chi connectivity index (χ4n) is 2.78. The molecule has 2 aromatic carbocycles. The Hall–Kier alpha value is -2.46. The normalized spacial score (nSPS) is 11.5. The molecule has 0 unspecified atom stereocenters. The van der Waals surface area contributed by atoms with Gasteiger partial charge in [-0.25, -0.2) is 0 Å². The highest BCUT2D eigenvalue weighted by Crippen LogP contribution is 2.29. The molecular formula is C19H20ClN3O. The third-order valence-corrected chi connectivity index (χ3v) is 4.34. The lowest BCUT2D eigenvalue weighted by atomic mass is 10.2. The van der Waals surface area contributed by atoms with Gasteiger partial charge in [0.05, 0.1) is 11.3 Å². The molecule has 2 N–H and O–H groups in total. The standard InChI is InChI=1S/C19H20ClN3O/c1-3-23(4-2)15-8-6-14(7-9-15)21-12-17-16-11-13(20)5-10-18(16)22-19(17)24/h5-12,22,24H,3-4H2,1-2H3. The summed E-state index contributed by atoms with van der Waals surface area (Å²) in [7, 11) is 0. The number of benzene rings is 2. The van der Waals surface area contributed by atoms with Crippen molar-refractivity contribution in [3.05, 3.63) is 53.1 Å².